The first-order chi connectivity index (χ1) is 6.31. The van der Waals surface area contributed by atoms with Gasteiger partial charge in [-0.1, -0.05) is 0 Å². The molecule has 13 heavy (non-hydrogen) atoms. The lowest BCUT2D eigenvalue weighted by Crippen LogP contribution is -2.46. The summed E-state index contributed by atoms with van der Waals surface area (Å²) in [7, 11) is 0. The fourth-order valence-electron chi connectivity index (χ4n) is 2.94. The molecule has 2 atom stereocenters. The van der Waals surface area contributed by atoms with Crippen LogP contribution in [0.3, 0.4) is 0 Å². The van der Waals surface area contributed by atoms with Crippen molar-refractivity contribution in [2.45, 2.75) is 31.5 Å². The van der Waals surface area contributed by atoms with Crippen LogP contribution in [-0.4, -0.2) is 11.6 Å². The number of hydrogen-bond donors (Lipinski definition) is 0. The van der Waals surface area contributed by atoms with Gasteiger partial charge in [0.2, 0.25) is 0 Å². The molecule has 0 aromatic rings. The normalized spacial score (nSPS) is 39.2. The molecule has 2 saturated carbocycles. The standard InChI is InChI=1S/C10H12O3/c11-9-5-7-1-2-8(6-9)10(7)12-3-4-13-10/h3-4,7-8H,1-2,5-6H2/t7-,8+. The highest BCUT2D eigenvalue weighted by atomic mass is 16.7. The maximum atomic E-state index is 11.3. The third kappa shape index (κ3) is 0.820. The first-order valence-corrected chi connectivity index (χ1v) is 4.83. The van der Waals surface area contributed by atoms with Crippen molar-refractivity contribution in [3.05, 3.63) is 12.5 Å². The minimum Gasteiger partial charge on any atom is -0.456 e. The predicted molar refractivity (Wildman–Crippen MR) is 44.5 cm³/mol. The minimum atomic E-state index is -0.450. The molecule has 1 aliphatic heterocycles. The van der Waals surface area contributed by atoms with Crippen LogP contribution in [0, 0.1) is 11.8 Å². The summed E-state index contributed by atoms with van der Waals surface area (Å²) < 4.78 is 11.1. The van der Waals surface area contributed by atoms with E-state index in [1.807, 2.05) is 0 Å². The molecule has 1 heterocycles. The second-order valence-electron chi connectivity index (χ2n) is 4.15. The Morgan fingerprint density at radius 2 is 1.69 bits per heavy atom. The molecule has 0 aromatic heterocycles. The van der Waals surface area contributed by atoms with Gasteiger partial charge in [-0.25, -0.2) is 0 Å². The lowest BCUT2D eigenvalue weighted by Gasteiger charge is -2.37. The molecule has 70 valence electrons. The summed E-state index contributed by atoms with van der Waals surface area (Å²) in [6.07, 6.45) is 6.63. The molecule has 0 aromatic carbocycles. The highest BCUT2D eigenvalue weighted by molar-refractivity contribution is 5.80. The van der Waals surface area contributed by atoms with E-state index in [0.29, 0.717) is 18.6 Å². The molecule has 0 amide bonds. The summed E-state index contributed by atoms with van der Waals surface area (Å²) in [5.41, 5.74) is 0. The summed E-state index contributed by atoms with van der Waals surface area (Å²) in [6, 6.07) is 0. The van der Waals surface area contributed by atoms with Crippen molar-refractivity contribution in [2.24, 2.45) is 11.8 Å². The van der Waals surface area contributed by atoms with Crippen LogP contribution in [0.4, 0.5) is 0 Å². The third-order valence-electron chi connectivity index (χ3n) is 3.51. The highest BCUT2D eigenvalue weighted by Crippen LogP contribution is 2.52. The monoisotopic (exact) mass is 180 g/mol. The SMILES string of the molecule is O=C1C[C@H]2CC[C@@H](C1)C21OC=CO1. The van der Waals surface area contributed by atoms with Gasteiger partial charge < -0.3 is 9.47 Å². The predicted octanol–water partition coefficient (Wildman–Crippen LogP) is 1.59. The van der Waals surface area contributed by atoms with Crippen LogP contribution in [0.2, 0.25) is 0 Å². The average Bonchev–Trinajstić information content (AvgIpc) is 2.63. The first-order valence-electron chi connectivity index (χ1n) is 4.83. The van der Waals surface area contributed by atoms with E-state index in [9.17, 15) is 4.79 Å². The van der Waals surface area contributed by atoms with Crippen LogP contribution in [0.1, 0.15) is 25.7 Å². The van der Waals surface area contributed by atoms with Crippen molar-refractivity contribution >= 4 is 5.78 Å². The maximum Gasteiger partial charge on any atom is 0.256 e. The number of ketones is 1. The van der Waals surface area contributed by atoms with Gasteiger partial charge in [0.15, 0.2) is 0 Å². The van der Waals surface area contributed by atoms with Gasteiger partial charge in [0.05, 0.1) is 0 Å². The third-order valence-corrected chi connectivity index (χ3v) is 3.51. The van der Waals surface area contributed by atoms with E-state index in [1.54, 1.807) is 12.5 Å². The van der Waals surface area contributed by atoms with E-state index >= 15 is 0 Å². The Bertz CT molecular complexity index is 256. The van der Waals surface area contributed by atoms with Gasteiger partial charge >= 0.3 is 0 Å². The molecule has 0 saturated heterocycles. The molecule has 0 unspecified atom stereocenters. The van der Waals surface area contributed by atoms with Crippen LogP contribution >= 0.6 is 0 Å². The summed E-state index contributed by atoms with van der Waals surface area (Å²) in [5.74, 6) is 0.494. The van der Waals surface area contributed by atoms with E-state index in [4.69, 9.17) is 9.47 Å². The molecule has 3 nitrogen and oxygen atoms in total. The van der Waals surface area contributed by atoms with E-state index in [1.165, 1.54) is 0 Å². The second kappa shape index (κ2) is 2.28. The zero-order chi connectivity index (χ0) is 8.89. The largest absolute Gasteiger partial charge is 0.456 e. The Morgan fingerprint density at radius 3 is 2.23 bits per heavy atom. The van der Waals surface area contributed by atoms with Crippen LogP contribution < -0.4 is 0 Å². The Kier molecular flexibility index (Phi) is 1.30. The zero-order valence-corrected chi connectivity index (χ0v) is 7.36. The molecule has 2 bridgehead atoms. The fraction of sp³-hybridized carbons (Fsp3) is 0.700. The van der Waals surface area contributed by atoms with Crippen LogP contribution in [0.25, 0.3) is 0 Å². The minimum absolute atomic E-state index is 0.286. The molecule has 3 rings (SSSR count). The van der Waals surface area contributed by atoms with Gasteiger partial charge in [-0.05, 0) is 12.8 Å². The summed E-state index contributed by atoms with van der Waals surface area (Å²) in [4.78, 5) is 11.3. The molecule has 1 spiro atoms. The zero-order valence-electron chi connectivity index (χ0n) is 7.36. The van der Waals surface area contributed by atoms with Gasteiger partial charge in [0, 0.05) is 24.7 Å². The molecule has 3 aliphatic rings. The van der Waals surface area contributed by atoms with Crippen molar-refractivity contribution < 1.29 is 14.3 Å². The van der Waals surface area contributed by atoms with Gasteiger partial charge in [0.25, 0.3) is 5.79 Å². The molecular weight excluding hydrogens is 168 g/mol. The Balaban J connectivity index is 1.94. The number of Topliss-reactive ketones (excluding diaryl/α,β-unsaturated/α-hetero) is 1. The quantitative estimate of drug-likeness (QED) is 0.568. The van der Waals surface area contributed by atoms with Crippen LogP contribution in [0.15, 0.2) is 12.5 Å². The topological polar surface area (TPSA) is 35.5 Å². The second-order valence-corrected chi connectivity index (χ2v) is 4.15. The van der Waals surface area contributed by atoms with Crippen molar-refractivity contribution in [2.75, 3.05) is 0 Å². The van der Waals surface area contributed by atoms with Crippen LogP contribution in [0.5, 0.6) is 0 Å². The number of ether oxygens (including phenoxy) is 2. The molecule has 3 heteroatoms. The van der Waals surface area contributed by atoms with Gasteiger partial charge in [-0.15, -0.1) is 0 Å². The molecule has 2 aliphatic carbocycles. The van der Waals surface area contributed by atoms with Gasteiger partial charge in [0.1, 0.15) is 18.3 Å². The lowest BCUT2D eigenvalue weighted by atomic mass is 9.82. The number of hydrogen-bond acceptors (Lipinski definition) is 3. The van der Waals surface area contributed by atoms with Crippen molar-refractivity contribution in [3.8, 4) is 0 Å². The molecule has 0 radical (unpaired) electrons. The number of rotatable bonds is 0. The summed E-state index contributed by atoms with van der Waals surface area (Å²) >= 11 is 0. The van der Waals surface area contributed by atoms with Crippen molar-refractivity contribution in [1.82, 2.24) is 0 Å². The van der Waals surface area contributed by atoms with Gasteiger partial charge in [-0.3, -0.25) is 4.79 Å². The van der Waals surface area contributed by atoms with Crippen LogP contribution in [-0.2, 0) is 14.3 Å². The van der Waals surface area contributed by atoms with E-state index in [0.717, 1.165) is 12.8 Å². The Hall–Kier alpha value is -0.990. The first kappa shape index (κ1) is 7.42. The molecule has 0 N–H and O–H groups in total. The maximum absolute atomic E-state index is 11.3. The van der Waals surface area contributed by atoms with E-state index in [2.05, 4.69) is 0 Å². The highest BCUT2D eigenvalue weighted by Gasteiger charge is 2.59. The smallest absolute Gasteiger partial charge is 0.256 e. The lowest BCUT2D eigenvalue weighted by molar-refractivity contribution is -0.208. The van der Waals surface area contributed by atoms with Gasteiger partial charge in [-0.2, -0.15) is 0 Å². The molecule has 2 fully saturated rings. The number of carbonyl (C=O) groups is 1. The summed E-state index contributed by atoms with van der Waals surface area (Å²) in [6.45, 7) is 0. The molecular formula is C10H12O3. The fourth-order valence-corrected chi connectivity index (χ4v) is 2.94. The number of carbonyl (C=O) groups excluding carboxylic acids is 1. The average molecular weight is 180 g/mol. The van der Waals surface area contributed by atoms with E-state index in [-0.39, 0.29) is 11.8 Å². The Labute approximate surface area is 76.7 Å². The van der Waals surface area contributed by atoms with Crippen molar-refractivity contribution in [3.63, 3.8) is 0 Å². The Morgan fingerprint density at radius 1 is 1.15 bits per heavy atom. The van der Waals surface area contributed by atoms with E-state index < -0.39 is 5.79 Å². The summed E-state index contributed by atoms with van der Waals surface area (Å²) in [5, 5.41) is 0. The van der Waals surface area contributed by atoms with Crippen molar-refractivity contribution in [1.29, 1.82) is 0 Å².